The maximum Gasteiger partial charge on any atom is 0.302 e. The standard InChI is InChI=1S/C19H22N6O4/c1-12(26)28-9-7-25(8-10-29-13(2)27)15-5-3-14(4-6-15)17-16(11-20)18(21)24-19(22)23-17/h3-6H,7-10H2,1-2H3,(H4,21,22,23,24). The number of carbonyl (C=O) groups is 2. The molecule has 4 N–H and O–H groups in total. The summed E-state index contributed by atoms with van der Waals surface area (Å²) in [7, 11) is 0. The van der Waals surface area contributed by atoms with Crippen molar-refractivity contribution < 1.29 is 19.1 Å². The molecule has 10 nitrogen and oxygen atoms in total. The van der Waals surface area contributed by atoms with Crippen molar-refractivity contribution in [1.82, 2.24) is 9.97 Å². The molecule has 2 aromatic rings. The summed E-state index contributed by atoms with van der Waals surface area (Å²) in [6.07, 6.45) is 0. The second-order valence-corrected chi connectivity index (χ2v) is 6.02. The quantitative estimate of drug-likeness (QED) is 0.617. The van der Waals surface area contributed by atoms with Crippen LogP contribution >= 0.6 is 0 Å². The molecule has 0 spiro atoms. The third kappa shape index (κ3) is 6.07. The molecule has 1 heterocycles. The predicted molar refractivity (Wildman–Crippen MR) is 106 cm³/mol. The molecule has 29 heavy (non-hydrogen) atoms. The highest BCUT2D eigenvalue weighted by Gasteiger charge is 2.14. The fourth-order valence-corrected chi connectivity index (χ4v) is 2.61. The number of rotatable bonds is 8. The fourth-order valence-electron chi connectivity index (χ4n) is 2.61. The number of aromatic nitrogens is 2. The van der Waals surface area contributed by atoms with Crippen molar-refractivity contribution in [3.05, 3.63) is 29.8 Å². The maximum atomic E-state index is 11.0. The van der Waals surface area contributed by atoms with Gasteiger partial charge in [-0.15, -0.1) is 0 Å². The van der Waals surface area contributed by atoms with Gasteiger partial charge in [0.05, 0.1) is 18.8 Å². The molecule has 0 aliphatic rings. The van der Waals surface area contributed by atoms with Gasteiger partial charge < -0.3 is 25.8 Å². The van der Waals surface area contributed by atoms with E-state index in [0.717, 1.165) is 5.69 Å². The van der Waals surface area contributed by atoms with Gasteiger partial charge in [-0.3, -0.25) is 9.59 Å². The van der Waals surface area contributed by atoms with Crippen LogP contribution in [0.25, 0.3) is 11.3 Å². The minimum atomic E-state index is -0.372. The van der Waals surface area contributed by atoms with Crippen LogP contribution in [0.1, 0.15) is 19.4 Å². The van der Waals surface area contributed by atoms with E-state index in [1.165, 1.54) is 13.8 Å². The minimum Gasteiger partial charge on any atom is -0.464 e. The first-order valence-electron chi connectivity index (χ1n) is 8.77. The van der Waals surface area contributed by atoms with Crippen LogP contribution in [0.5, 0.6) is 0 Å². The number of ether oxygens (including phenoxy) is 2. The highest BCUT2D eigenvalue weighted by Crippen LogP contribution is 2.27. The van der Waals surface area contributed by atoms with E-state index in [9.17, 15) is 14.9 Å². The molecule has 0 bridgehead atoms. The molecule has 0 unspecified atom stereocenters. The Morgan fingerprint density at radius 1 is 1.03 bits per heavy atom. The van der Waals surface area contributed by atoms with E-state index in [4.69, 9.17) is 20.9 Å². The van der Waals surface area contributed by atoms with E-state index in [-0.39, 0.29) is 42.5 Å². The Hall–Kier alpha value is -3.87. The van der Waals surface area contributed by atoms with E-state index in [2.05, 4.69) is 9.97 Å². The Bertz CT molecular complexity index is 904. The Labute approximate surface area is 168 Å². The number of anilines is 3. The molecule has 1 aromatic heterocycles. The van der Waals surface area contributed by atoms with Gasteiger partial charge in [0, 0.05) is 25.1 Å². The van der Waals surface area contributed by atoms with Crippen molar-refractivity contribution in [1.29, 1.82) is 5.26 Å². The summed E-state index contributed by atoms with van der Waals surface area (Å²) in [5.74, 6) is -0.750. The number of hydrogen-bond donors (Lipinski definition) is 2. The zero-order valence-electron chi connectivity index (χ0n) is 16.2. The van der Waals surface area contributed by atoms with Crippen LogP contribution < -0.4 is 16.4 Å². The lowest BCUT2D eigenvalue weighted by Gasteiger charge is -2.24. The molecular weight excluding hydrogens is 376 g/mol. The normalized spacial score (nSPS) is 10.1. The van der Waals surface area contributed by atoms with E-state index >= 15 is 0 Å². The number of nitriles is 1. The molecule has 0 aliphatic carbocycles. The monoisotopic (exact) mass is 398 g/mol. The van der Waals surface area contributed by atoms with Gasteiger partial charge in [-0.25, -0.2) is 4.98 Å². The third-order valence-corrected chi connectivity index (χ3v) is 3.91. The van der Waals surface area contributed by atoms with Crippen LogP contribution in [-0.4, -0.2) is 48.2 Å². The van der Waals surface area contributed by atoms with Crippen molar-refractivity contribution in [2.75, 3.05) is 42.7 Å². The van der Waals surface area contributed by atoms with Crippen LogP contribution in [0.2, 0.25) is 0 Å². The lowest BCUT2D eigenvalue weighted by Crippen LogP contribution is -2.31. The first kappa shape index (κ1) is 21.4. The van der Waals surface area contributed by atoms with Crippen LogP contribution in [-0.2, 0) is 19.1 Å². The van der Waals surface area contributed by atoms with Gasteiger partial charge in [0.25, 0.3) is 0 Å². The van der Waals surface area contributed by atoms with Crippen LogP contribution in [0.15, 0.2) is 24.3 Å². The molecule has 10 heteroatoms. The Morgan fingerprint density at radius 3 is 2.07 bits per heavy atom. The third-order valence-electron chi connectivity index (χ3n) is 3.91. The summed E-state index contributed by atoms with van der Waals surface area (Å²) < 4.78 is 10.0. The number of benzene rings is 1. The van der Waals surface area contributed by atoms with Gasteiger partial charge in [0.1, 0.15) is 30.7 Å². The molecule has 0 radical (unpaired) electrons. The first-order chi connectivity index (χ1) is 13.8. The summed E-state index contributed by atoms with van der Waals surface area (Å²) in [6, 6.07) is 9.15. The van der Waals surface area contributed by atoms with E-state index in [0.29, 0.717) is 24.3 Å². The fraction of sp³-hybridized carbons (Fsp3) is 0.316. The minimum absolute atomic E-state index is 0.0171. The Morgan fingerprint density at radius 2 is 1.59 bits per heavy atom. The number of hydrogen-bond acceptors (Lipinski definition) is 10. The van der Waals surface area contributed by atoms with E-state index in [1.807, 2.05) is 23.1 Å². The lowest BCUT2D eigenvalue weighted by atomic mass is 10.1. The molecular formula is C19H22N6O4. The average molecular weight is 398 g/mol. The Kier molecular flexibility index (Phi) is 7.31. The van der Waals surface area contributed by atoms with Crippen molar-refractivity contribution in [3.63, 3.8) is 0 Å². The van der Waals surface area contributed by atoms with Crippen molar-refractivity contribution in [2.24, 2.45) is 0 Å². The summed E-state index contributed by atoms with van der Waals surface area (Å²) in [5, 5.41) is 9.34. The van der Waals surface area contributed by atoms with Gasteiger partial charge in [-0.1, -0.05) is 12.1 Å². The van der Waals surface area contributed by atoms with Crippen LogP contribution in [0.3, 0.4) is 0 Å². The maximum absolute atomic E-state index is 11.0. The van der Waals surface area contributed by atoms with Gasteiger partial charge in [-0.05, 0) is 12.1 Å². The van der Waals surface area contributed by atoms with E-state index in [1.54, 1.807) is 12.1 Å². The number of nitrogens with two attached hydrogens (primary N) is 2. The molecule has 0 atom stereocenters. The zero-order chi connectivity index (χ0) is 21.4. The van der Waals surface area contributed by atoms with Crippen molar-refractivity contribution in [2.45, 2.75) is 13.8 Å². The summed E-state index contributed by atoms with van der Waals surface area (Å²) in [6.45, 7) is 3.88. The summed E-state index contributed by atoms with van der Waals surface area (Å²) in [4.78, 5) is 31.9. The Balaban J connectivity index is 2.24. The number of nitrogen functional groups attached to an aromatic ring is 2. The van der Waals surface area contributed by atoms with Gasteiger partial charge in [0.2, 0.25) is 5.95 Å². The zero-order valence-corrected chi connectivity index (χ0v) is 16.2. The van der Waals surface area contributed by atoms with E-state index < -0.39 is 0 Å². The SMILES string of the molecule is CC(=O)OCCN(CCOC(C)=O)c1ccc(-c2nc(N)nc(N)c2C#N)cc1. The second kappa shape index (κ2) is 9.89. The molecule has 0 amide bonds. The van der Waals surface area contributed by atoms with Crippen molar-refractivity contribution >= 4 is 29.4 Å². The predicted octanol–water partition coefficient (Wildman–Crippen LogP) is 1.11. The number of carbonyl (C=O) groups excluding carboxylic acids is 2. The van der Waals surface area contributed by atoms with Gasteiger partial charge in [-0.2, -0.15) is 10.2 Å². The highest BCUT2D eigenvalue weighted by molar-refractivity contribution is 5.74. The molecule has 1 aromatic carbocycles. The molecule has 0 saturated carbocycles. The summed E-state index contributed by atoms with van der Waals surface area (Å²) in [5.41, 5.74) is 13.4. The highest BCUT2D eigenvalue weighted by atomic mass is 16.5. The van der Waals surface area contributed by atoms with Gasteiger partial charge >= 0.3 is 11.9 Å². The smallest absolute Gasteiger partial charge is 0.302 e. The lowest BCUT2D eigenvalue weighted by molar-refractivity contribution is -0.141. The van der Waals surface area contributed by atoms with Crippen LogP contribution in [0.4, 0.5) is 17.5 Å². The van der Waals surface area contributed by atoms with Crippen LogP contribution in [0, 0.1) is 11.3 Å². The van der Waals surface area contributed by atoms with Crippen molar-refractivity contribution in [3.8, 4) is 17.3 Å². The largest absolute Gasteiger partial charge is 0.464 e. The topological polar surface area (TPSA) is 157 Å². The first-order valence-corrected chi connectivity index (χ1v) is 8.77. The average Bonchev–Trinajstić information content (AvgIpc) is 2.66. The molecule has 152 valence electrons. The number of nitrogens with zero attached hydrogens (tertiary/aromatic N) is 4. The summed E-state index contributed by atoms with van der Waals surface area (Å²) >= 11 is 0. The number of esters is 2. The second-order valence-electron chi connectivity index (χ2n) is 6.02. The molecule has 0 saturated heterocycles. The molecule has 0 aliphatic heterocycles. The molecule has 0 fully saturated rings. The van der Waals surface area contributed by atoms with Gasteiger partial charge in [0.15, 0.2) is 0 Å². The molecule has 2 rings (SSSR count).